The quantitative estimate of drug-likeness (QED) is 0.894. The van der Waals surface area contributed by atoms with Crippen LogP contribution in [0.15, 0.2) is 18.2 Å². The van der Waals surface area contributed by atoms with Gasteiger partial charge >= 0.3 is 0 Å². The fourth-order valence-corrected chi connectivity index (χ4v) is 3.02. The lowest BCUT2D eigenvalue weighted by atomic mass is 10.0. The summed E-state index contributed by atoms with van der Waals surface area (Å²) in [5.74, 6) is 0.567. The molecule has 3 nitrogen and oxygen atoms in total. The smallest absolute Gasteiger partial charge is 0.0637 e. The maximum Gasteiger partial charge on any atom is 0.0637 e. The van der Waals surface area contributed by atoms with Crippen molar-refractivity contribution >= 4 is 5.69 Å². The standard InChI is InChI=1S/C18H30N2O/c1-13-8-9-20(17(13)12-21)16-7-6-15(14(2)10-16)11-19-18(3,4)5/h6-7,10,13,17,19,21H,8-9,11-12H2,1-5H3. The first-order valence-electron chi connectivity index (χ1n) is 8.04. The summed E-state index contributed by atoms with van der Waals surface area (Å²) in [6.45, 7) is 13.2. The van der Waals surface area contributed by atoms with Crippen LogP contribution in [0.5, 0.6) is 0 Å². The minimum absolute atomic E-state index is 0.136. The third-order valence-electron chi connectivity index (χ3n) is 4.54. The number of anilines is 1. The predicted octanol–water partition coefficient (Wildman–Crippen LogP) is 3.09. The number of hydrogen-bond acceptors (Lipinski definition) is 3. The molecule has 2 unspecified atom stereocenters. The number of aliphatic hydroxyl groups is 1. The molecule has 118 valence electrons. The highest BCUT2D eigenvalue weighted by molar-refractivity contribution is 5.52. The Balaban J connectivity index is 2.12. The molecule has 0 bridgehead atoms. The van der Waals surface area contributed by atoms with E-state index in [2.05, 4.69) is 63.0 Å². The largest absolute Gasteiger partial charge is 0.394 e. The fourth-order valence-electron chi connectivity index (χ4n) is 3.02. The first-order valence-corrected chi connectivity index (χ1v) is 8.04. The van der Waals surface area contributed by atoms with E-state index >= 15 is 0 Å². The first-order chi connectivity index (χ1) is 9.81. The van der Waals surface area contributed by atoms with Gasteiger partial charge in [-0.15, -0.1) is 0 Å². The molecule has 2 rings (SSSR count). The zero-order valence-corrected chi connectivity index (χ0v) is 14.1. The average molecular weight is 290 g/mol. The molecule has 0 radical (unpaired) electrons. The molecule has 1 aliphatic heterocycles. The number of aliphatic hydroxyl groups excluding tert-OH is 1. The normalized spacial score (nSPS) is 22.9. The van der Waals surface area contributed by atoms with Gasteiger partial charge in [0.2, 0.25) is 0 Å². The van der Waals surface area contributed by atoms with E-state index in [-0.39, 0.29) is 18.2 Å². The van der Waals surface area contributed by atoms with Crippen LogP contribution in [-0.2, 0) is 6.54 Å². The van der Waals surface area contributed by atoms with Gasteiger partial charge in [0.25, 0.3) is 0 Å². The Bertz CT molecular complexity index is 479. The summed E-state index contributed by atoms with van der Waals surface area (Å²) in [4.78, 5) is 2.36. The van der Waals surface area contributed by atoms with Crippen molar-refractivity contribution in [1.82, 2.24) is 5.32 Å². The van der Waals surface area contributed by atoms with E-state index < -0.39 is 0 Å². The van der Waals surface area contributed by atoms with Crippen LogP contribution in [0.4, 0.5) is 5.69 Å². The van der Waals surface area contributed by atoms with Crippen LogP contribution in [0.1, 0.15) is 45.2 Å². The predicted molar refractivity (Wildman–Crippen MR) is 89.8 cm³/mol. The van der Waals surface area contributed by atoms with Crippen molar-refractivity contribution < 1.29 is 5.11 Å². The lowest BCUT2D eigenvalue weighted by molar-refractivity contribution is 0.245. The topological polar surface area (TPSA) is 35.5 Å². The molecule has 2 N–H and O–H groups in total. The summed E-state index contributed by atoms with van der Waals surface area (Å²) < 4.78 is 0. The Labute approximate surface area is 129 Å². The zero-order valence-electron chi connectivity index (χ0n) is 14.1. The summed E-state index contributed by atoms with van der Waals surface area (Å²) >= 11 is 0. The van der Waals surface area contributed by atoms with Crippen LogP contribution >= 0.6 is 0 Å². The fraction of sp³-hybridized carbons (Fsp3) is 0.667. The van der Waals surface area contributed by atoms with Crippen LogP contribution in [0.3, 0.4) is 0 Å². The van der Waals surface area contributed by atoms with Crippen LogP contribution in [0.2, 0.25) is 0 Å². The van der Waals surface area contributed by atoms with Crippen molar-refractivity contribution in [2.45, 2.75) is 59.2 Å². The van der Waals surface area contributed by atoms with Crippen molar-refractivity contribution in [3.8, 4) is 0 Å². The first kappa shape index (κ1) is 16.3. The third-order valence-corrected chi connectivity index (χ3v) is 4.54. The average Bonchev–Trinajstić information content (AvgIpc) is 2.77. The van der Waals surface area contributed by atoms with Gasteiger partial charge in [-0.05, 0) is 63.3 Å². The van der Waals surface area contributed by atoms with Crippen LogP contribution in [-0.4, -0.2) is 29.8 Å². The van der Waals surface area contributed by atoms with Crippen LogP contribution in [0, 0.1) is 12.8 Å². The van der Waals surface area contributed by atoms with Gasteiger partial charge in [0.1, 0.15) is 0 Å². The maximum absolute atomic E-state index is 9.61. The second-order valence-corrected chi connectivity index (χ2v) is 7.42. The van der Waals surface area contributed by atoms with Gasteiger partial charge in [0.05, 0.1) is 12.6 Å². The molecule has 1 heterocycles. The number of aryl methyl sites for hydroxylation is 1. The molecule has 0 saturated carbocycles. The van der Waals surface area contributed by atoms with Crippen molar-refractivity contribution in [3.05, 3.63) is 29.3 Å². The third kappa shape index (κ3) is 3.98. The molecule has 0 aromatic heterocycles. The van der Waals surface area contributed by atoms with Crippen molar-refractivity contribution in [2.75, 3.05) is 18.1 Å². The van der Waals surface area contributed by atoms with Gasteiger partial charge in [-0.2, -0.15) is 0 Å². The minimum atomic E-state index is 0.136. The van der Waals surface area contributed by atoms with Crippen molar-refractivity contribution in [3.63, 3.8) is 0 Å². The summed E-state index contributed by atoms with van der Waals surface area (Å²) in [6.07, 6.45) is 1.16. The molecule has 2 atom stereocenters. The SMILES string of the molecule is Cc1cc(N2CCC(C)C2CO)ccc1CNC(C)(C)C. The molecule has 3 heteroatoms. The van der Waals surface area contributed by atoms with Crippen molar-refractivity contribution in [1.29, 1.82) is 0 Å². The number of rotatable bonds is 4. The molecule has 0 amide bonds. The van der Waals surface area contributed by atoms with Gasteiger partial charge in [-0.1, -0.05) is 13.0 Å². The molecule has 1 fully saturated rings. The molecule has 1 aliphatic rings. The Kier molecular flexibility index (Phi) is 4.95. The van der Waals surface area contributed by atoms with E-state index in [0.29, 0.717) is 5.92 Å². The molecule has 1 aromatic carbocycles. The molecular formula is C18H30N2O. The number of benzene rings is 1. The Hall–Kier alpha value is -1.06. The van der Waals surface area contributed by atoms with Gasteiger partial charge in [0.15, 0.2) is 0 Å². The van der Waals surface area contributed by atoms with Crippen molar-refractivity contribution in [2.24, 2.45) is 5.92 Å². The van der Waals surface area contributed by atoms with Gasteiger partial charge in [-0.25, -0.2) is 0 Å². The van der Waals surface area contributed by atoms with E-state index in [9.17, 15) is 5.11 Å². The van der Waals surface area contributed by atoms with E-state index in [1.165, 1.54) is 16.8 Å². The summed E-state index contributed by atoms with van der Waals surface area (Å²) in [5.41, 5.74) is 4.05. The van der Waals surface area contributed by atoms with Gasteiger partial charge in [-0.3, -0.25) is 0 Å². The highest BCUT2D eigenvalue weighted by Crippen LogP contribution is 2.30. The van der Waals surface area contributed by atoms with E-state index in [1.807, 2.05) is 0 Å². The Morgan fingerprint density at radius 1 is 1.33 bits per heavy atom. The monoisotopic (exact) mass is 290 g/mol. The summed E-state index contributed by atoms with van der Waals surface area (Å²) in [7, 11) is 0. The van der Waals surface area contributed by atoms with Crippen LogP contribution < -0.4 is 10.2 Å². The molecule has 1 aromatic rings. The Morgan fingerprint density at radius 2 is 2.05 bits per heavy atom. The van der Waals surface area contributed by atoms with Gasteiger partial charge in [0, 0.05) is 24.3 Å². The van der Waals surface area contributed by atoms with E-state index in [1.54, 1.807) is 0 Å². The molecule has 1 saturated heterocycles. The minimum Gasteiger partial charge on any atom is -0.394 e. The van der Waals surface area contributed by atoms with Gasteiger partial charge < -0.3 is 15.3 Å². The molecular weight excluding hydrogens is 260 g/mol. The second-order valence-electron chi connectivity index (χ2n) is 7.42. The molecule has 0 spiro atoms. The lowest BCUT2D eigenvalue weighted by Crippen LogP contribution is -2.36. The van der Waals surface area contributed by atoms with Crippen LogP contribution in [0.25, 0.3) is 0 Å². The zero-order chi connectivity index (χ0) is 15.6. The number of nitrogens with one attached hydrogen (secondary N) is 1. The number of hydrogen-bond donors (Lipinski definition) is 2. The highest BCUT2D eigenvalue weighted by atomic mass is 16.3. The number of nitrogens with zero attached hydrogens (tertiary/aromatic N) is 1. The molecule has 21 heavy (non-hydrogen) atoms. The summed E-state index contributed by atoms with van der Waals surface area (Å²) in [5, 5.41) is 13.2. The maximum atomic E-state index is 9.61. The van der Waals surface area contributed by atoms with E-state index in [4.69, 9.17) is 0 Å². The molecule has 0 aliphatic carbocycles. The second kappa shape index (κ2) is 6.37. The summed E-state index contributed by atoms with van der Waals surface area (Å²) in [6, 6.07) is 6.96. The lowest BCUT2D eigenvalue weighted by Gasteiger charge is -2.28. The highest BCUT2D eigenvalue weighted by Gasteiger charge is 2.30. The van der Waals surface area contributed by atoms with E-state index in [0.717, 1.165) is 19.5 Å². The Morgan fingerprint density at radius 3 is 2.62 bits per heavy atom.